The van der Waals surface area contributed by atoms with E-state index in [1.54, 1.807) is 18.2 Å². The van der Waals surface area contributed by atoms with Gasteiger partial charge in [-0.05, 0) is 0 Å². The lowest BCUT2D eigenvalue weighted by atomic mass is 10.1. The van der Waals surface area contributed by atoms with E-state index in [0.29, 0.717) is 24.0 Å². The van der Waals surface area contributed by atoms with Crippen LogP contribution in [0.1, 0.15) is 0 Å². The fourth-order valence-corrected chi connectivity index (χ4v) is 2.10. The number of ether oxygens (including phenoxy) is 2. The molecule has 19 heavy (non-hydrogen) atoms. The normalized spacial score (nSPS) is 10.2. The topological polar surface area (TPSA) is 18.5 Å². The molecule has 0 aromatic heterocycles. The third-order valence-corrected chi connectivity index (χ3v) is 2.89. The Morgan fingerprint density at radius 2 is 1.63 bits per heavy atom. The molecule has 0 fully saturated rings. The zero-order valence-corrected chi connectivity index (χ0v) is 11.3. The highest BCUT2D eigenvalue weighted by Gasteiger charge is 2.12. The minimum absolute atomic E-state index is 0.413. The monoisotopic (exact) mass is 274 g/mol. The van der Waals surface area contributed by atoms with E-state index in [-0.39, 0.29) is 0 Å². The molecule has 0 saturated carbocycles. The number of fused-ring (bicyclic) bond motifs is 1. The summed E-state index contributed by atoms with van der Waals surface area (Å²) in [7, 11) is 0. The molecule has 0 bridgehead atoms. The molecule has 0 aliphatic carbocycles. The molecule has 0 N–H and O–H groups in total. The zero-order chi connectivity index (χ0) is 13.7. The second-order valence-corrected chi connectivity index (χ2v) is 4.34. The fourth-order valence-electron chi connectivity index (χ4n) is 1.84. The van der Waals surface area contributed by atoms with Crippen molar-refractivity contribution in [3.8, 4) is 11.5 Å². The summed E-state index contributed by atoms with van der Waals surface area (Å²) in [4.78, 5) is 0. The summed E-state index contributed by atoms with van der Waals surface area (Å²) in [5.74, 6) is 1.38. The molecule has 2 aromatic carbocycles. The Labute approximate surface area is 117 Å². The highest BCUT2D eigenvalue weighted by atomic mass is 35.5. The van der Waals surface area contributed by atoms with E-state index in [4.69, 9.17) is 21.1 Å². The van der Waals surface area contributed by atoms with Gasteiger partial charge in [0, 0.05) is 16.8 Å². The van der Waals surface area contributed by atoms with Gasteiger partial charge in [-0.25, -0.2) is 0 Å². The van der Waals surface area contributed by atoms with Crippen LogP contribution in [0.4, 0.5) is 0 Å². The second kappa shape index (κ2) is 6.30. The highest BCUT2D eigenvalue weighted by Crippen LogP contribution is 2.39. The molecule has 0 saturated heterocycles. The average Bonchev–Trinajstić information content (AvgIpc) is 2.44. The SMILES string of the molecule is C=CCOc1cc(Cl)c(OCC=C)c2ccccc12. The van der Waals surface area contributed by atoms with Crippen molar-refractivity contribution in [2.75, 3.05) is 13.2 Å². The molecule has 0 radical (unpaired) electrons. The van der Waals surface area contributed by atoms with Crippen molar-refractivity contribution in [3.05, 3.63) is 60.7 Å². The summed E-state index contributed by atoms with van der Waals surface area (Å²) in [6, 6.07) is 9.60. The largest absolute Gasteiger partial charge is 0.489 e. The summed E-state index contributed by atoms with van der Waals surface area (Å²) in [5.41, 5.74) is 0. The molecule has 0 unspecified atom stereocenters. The molecule has 0 aliphatic heterocycles. The van der Waals surface area contributed by atoms with Gasteiger partial charge >= 0.3 is 0 Å². The van der Waals surface area contributed by atoms with E-state index in [1.807, 2.05) is 24.3 Å². The number of rotatable bonds is 6. The number of halogens is 1. The maximum absolute atomic E-state index is 6.26. The van der Waals surface area contributed by atoms with Crippen molar-refractivity contribution in [2.24, 2.45) is 0 Å². The third kappa shape index (κ3) is 2.91. The molecule has 2 rings (SSSR count). The third-order valence-electron chi connectivity index (χ3n) is 2.61. The molecule has 98 valence electrons. The molecule has 0 atom stereocenters. The van der Waals surface area contributed by atoms with E-state index in [1.165, 1.54) is 0 Å². The van der Waals surface area contributed by atoms with Crippen LogP contribution < -0.4 is 9.47 Å². The van der Waals surface area contributed by atoms with Crippen LogP contribution in [-0.4, -0.2) is 13.2 Å². The standard InChI is InChI=1S/C16H15ClO2/c1-3-9-18-15-11-14(17)16(19-10-4-2)13-8-6-5-7-12(13)15/h3-8,11H,1-2,9-10H2. The minimum atomic E-state index is 0.413. The molecule has 0 amide bonds. The average molecular weight is 275 g/mol. The Balaban J connectivity index is 2.55. The van der Waals surface area contributed by atoms with Crippen LogP contribution >= 0.6 is 11.6 Å². The van der Waals surface area contributed by atoms with Gasteiger partial charge in [-0.15, -0.1) is 0 Å². The smallest absolute Gasteiger partial charge is 0.146 e. The predicted octanol–water partition coefficient (Wildman–Crippen LogP) is 4.62. The first kappa shape index (κ1) is 13.5. The summed E-state index contributed by atoms with van der Waals surface area (Å²) >= 11 is 6.26. The van der Waals surface area contributed by atoms with Crippen molar-refractivity contribution < 1.29 is 9.47 Å². The van der Waals surface area contributed by atoms with Crippen molar-refractivity contribution >= 4 is 22.4 Å². The van der Waals surface area contributed by atoms with Crippen molar-refractivity contribution in [2.45, 2.75) is 0 Å². The van der Waals surface area contributed by atoms with E-state index >= 15 is 0 Å². The van der Waals surface area contributed by atoms with Crippen LogP contribution in [0.25, 0.3) is 10.8 Å². The van der Waals surface area contributed by atoms with E-state index < -0.39 is 0 Å². The summed E-state index contributed by atoms with van der Waals surface area (Å²) in [6.07, 6.45) is 3.39. The van der Waals surface area contributed by atoms with Gasteiger partial charge in [0.15, 0.2) is 0 Å². The Morgan fingerprint density at radius 3 is 2.32 bits per heavy atom. The lowest BCUT2D eigenvalue weighted by molar-refractivity contribution is 0.359. The summed E-state index contributed by atoms with van der Waals surface area (Å²) < 4.78 is 11.3. The first-order chi connectivity index (χ1) is 9.27. The number of hydrogen-bond acceptors (Lipinski definition) is 2. The quantitative estimate of drug-likeness (QED) is 0.716. The molecule has 2 aromatic rings. The lowest BCUT2D eigenvalue weighted by Gasteiger charge is -2.13. The van der Waals surface area contributed by atoms with Crippen LogP contribution in [0, 0.1) is 0 Å². The Kier molecular flexibility index (Phi) is 4.48. The molecular formula is C16H15ClO2. The maximum atomic E-state index is 6.26. The van der Waals surface area contributed by atoms with Gasteiger partial charge < -0.3 is 9.47 Å². The van der Waals surface area contributed by atoms with Crippen molar-refractivity contribution in [1.29, 1.82) is 0 Å². The van der Waals surface area contributed by atoms with Gasteiger partial charge in [0.25, 0.3) is 0 Å². The van der Waals surface area contributed by atoms with Gasteiger partial charge in [0.1, 0.15) is 24.7 Å². The predicted molar refractivity (Wildman–Crippen MR) is 80.3 cm³/mol. The Hall–Kier alpha value is -1.93. The van der Waals surface area contributed by atoms with Crippen LogP contribution in [0.5, 0.6) is 11.5 Å². The van der Waals surface area contributed by atoms with Crippen LogP contribution in [-0.2, 0) is 0 Å². The molecular weight excluding hydrogens is 260 g/mol. The second-order valence-electron chi connectivity index (χ2n) is 3.93. The molecule has 0 spiro atoms. The first-order valence-corrected chi connectivity index (χ1v) is 6.34. The van der Waals surface area contributed by atoms with Crippen molar-refractivity contribution in [3.63, 3.8) is 0 Å². The molecule has 2 nitrogen and oxygen atoms in total. The summed E-state index contributed by atoms with van der Waals surface area (Å²) in [6.45, 7) is 8.13. The van der Waals surface area contributed by atoms with Gasteiger partial charge in [-0.2, -0.15) is 0 Å². The van der Waals surface area contributed by atoms with Gasteiger partial charge in [-0.1, -0.05) is 61.2 Å². The van der Waals surface area contributed by atoms with Crippen molar-refractivity contribution in [1.82, 2.24) is 0 Å². The Bertz CT molecular complexity index is 605. The molecule has 0 aliphatic rings. The fraction of sp³-hybridized carbons (Fsp3) is 0.125. The van der Waals surface area contributed by atoms with Crippen LogP contribution in [0.3, 0.4) is 0 Å². The van der Waals surface area contributed by atoms with E-state index in [9.17, 15) is 0 Å². The van der Waals surface area contributed by atoms with Gasteiger partial charge in [0.05, 0.1) is 5.02 Å². The minimum Gasteiger partial charge on any atom is -0.489 e. The number of benzene rings is 2. The van der Waals surface area contributed by atoms with Crippen LogP contribution in [0.15, 0.2) is 55.6 Å². The van der Waals surface area contributed by atoms with Gasteiger partial charge in [-0.3, -0.25) is 0 Å². The number of hydrogen-bond donors (Lipinski definition) is 0. The highest BCUT2D eigenvalue weighted by molar-refractivity contribution is 6.33. The zero-order valence-electron chi connectivity index (χ0n) is 10.6. The maximum Gasteiger partial charge on any atom is 0.146 e. The van der Waals surface area contributed by atoms with Crippen LogP contribution in [0.2, 0.25) is 5.02 Å². The summed E-state index contributed by atoms with van der Waals surface area (Å²) in [5, 5.41) is 2.42. The Morgan fingerprint density at radius 1 is 1.00 bits per heavy atom. The van der Waals surface area contributed by atoms with E-state index in [2.05, 4.69) is 13.2 Å². The molecule has 0 heterocycles. The van der Waals surface area contributed by atoms with Gasteiger partial charge in [0.2, 0.25) is 0 Å². The van der Waals surface area contributed by atoms with E-state index in [0.717, 1.165) is 16.5 Å². The molecule has 3 heteroatoms. The lowest BCUT2D eigenvalue weighted by Crippen LogP contribution is -1.98. The first-order valence-electron chi connectivity index (χ1n) is 5.96.